The number of benzene rings is 2. The van der Waals surface area contributed by atoms with Crippen LogP contribution in [0.3, 0.4) is 0 Å². The van der Waals surface area contributed by atoms with Crippen LogP contribution in [-0.4, -0.2) is 11.7 Å². The number of halogens is 3. The monoisotopic (exact) mass is 383 g/mol. The van der Waals surface area contributed by atoms with Crippen LogP contribution in [0.15, 0.2) is 34.8 Å². The second kappa shape index (κ2) is 5.44. The van der Waals surface area contributed by atoms with E-state index in [1.807, 2.05) is 0 Å². The van der Waals surface area contributed by atoms with E-state index in [1.165, 1.54) is 0 Å². The largest absolute Gasteiger partial charge is 0.325 e. The second-order valence-corrected chi connectivity index (χ2v) is 6.34. The third-order valence-electron chi connectivity index (χ3n) is 3.24. The molecule has 21 heavy (non-hydrogen) atoms. The molecule has 0 unspecified atom stereocenters. The Balaban J connectivity index is 2.04. The molecule has 0 fully saturated rings. The summed E-state index contributed by atoms with van der Waals surface area (Å²) < 4.78 is 0.643. The van der Waals surface area contributed by atoms with Crippen molar-refractivity contribution in [3.63, 3.8) is 0 Å². The van der Waals surface area contributed by atoms with Gasteiger partial charge in [-0.3, -0.25) is 9.59 Å². The van der Waals surface area contributed by atoms with Gasteiger partial charge in [0.15, 0.2) is 5.78 Å². The minimum atomic E-state index is -0.209. The van der Waals surface area contributed by atoms with Crippen LogP contribution in [-0.2, 0) is 11.2 Å². The second-order valence-electron chi connectivity index (χ2n) is 4.67. The van der Waals surface area contributed by atoms with E-state index in [-0.39, 0.29) is 18.1 Å². The summed E-state index contributed by atoms with van der Waals surface area (Å²) in [5.74, 6) is -0.306. The van der Waals surface area contributed by atoms with Crippen molar-refractivity contribution in [1.82, 2.24) is 0 Å². The Hall–Kier alpha value is -1.36. The molecule has 1 heterocycles. The number of amides is 1. The SMILES string of the molecule is O=C1Cc2cc(C(=O)c3ccc(Cl)c(Br)c3)c(Cl)cc2N1. The molecule has 3 nitrogen and oxygen atoms in total. The number of rotatable bonds is 2. The van der Waals surface area contributed by atoms with Crippen LogP contribution in [0.5, 0.6) is 0 Å². The number of anilines is 1. The minimum absolute atomic E-state index is 0.0973. The van der Waals surface area contributed by atoms with Gasteiger partial charge in [-0.15, -0.1) is 0 Å². The van der Waals surface area contributed by atoms with Crippen molar-refractivity contribution in [1.29, 1.82) is 0 Å². The molecule has 0 radical (unpaired) electrons. The molecule has 1 aliphatic heterocycles. The van der Waals surface area contributed by atoms with Gasteiger partial charge in [0.2, 0.25) is 5.91 Å². The fourth-order valence-electron chi connectivity index (χ4n) is 2.21. The Morgan fingerprint density at radius 2 is 1.90 bits per heavy atom. The maximum atomic E-state index is 12.6. The van der Waals surface area contributed by atoms with Gasteiger partial charge in [0.1, 0.15) is 0 Å². The summed E-state index contributed by atoms with van der Waals surface area (Å²) in [6, 6.07) is 8.21. The van der Waals surface area contributed by atoms with Gasteiger partial charge in [0, 0.05) is 21.3 Å². The number of carbonyl (C=O) groups excluding carboxylic acids is 2. The summed E-state index contributed by atoms with van der Waals surface area (Å²) in [7, 11) is 0. The Bertz CT molecular complexity index is 789. The molecular weight excluding hydrogens is 377 g/mol. The third-order valence-corrected chi connectivity index (χ3v) is 4.77. The first-order valence-electron chi connectivity index (χ1n) is 6.08. The van der Waals surface area contributed by atoms with Gasteiger partial charge < -0.3 is 5.32 Å². The number of hydrogen-bond acceptors (Lipinski definition) is 2. The topological polar surface area (TPSA) is 46.2 Å². The van der Waals surface area contributed by atoms with Crippen molar-refractivity contribution < 1.29 is 9.59 Å². The van der Waals surface area contributed by atoms with Gasteiger partial charge in [-0.2, -0.15) is 0 Å². The first-order chi connectivity index (χ1) is 9.95. The number of ketones is 1. The smallest absolute Gasteiger partial charge is 0.228 e. The molecular formula is C15H8BrCl2NO2. The molecule has 0 spiro atoms. The number of carbonyl (C=O) groups is 2. The predicted molar refractivity (Wildman–Crippen MR) is 86.4 cm³/mol. The first kappa shape index (κ1) is 14.6. The highest BCUT2D eigenvalue weighted by Crippen LogP contribution is 2.32. The molecule has 3 rings (SSSR count). The molecule has 2 aromatic rings. The van der Waals surface area contributed by atoms with Crippen LogP contribution in [0.4, 0.5) is 5.69 Å². The quantitative estimate of drug-likeness (QED) is 0.775. The van der Waals surface area contributed by atoms with Crippen LogP contribution in [0.25, 0.3) is 0 Å². The fourth-order valence-corrected chi connectivity index (χ4v) is 2.96. The van der Waals surface area contributed by atoms with Crippen molar-refractivity contribution in [2.75, 3.05) is 5.32 Å². The average molecular weight is 385 g/mol. The number of nitrogens with one attached hydrogen (secondary N) is 1. The van der Waals surface area contributed by atoms with Crippen LogP contribution >= 0.6 is 39.1 Å². The van der Waals surface area contributed by atoms with Gasteiger partial charge >= 0.3 is 0 Å². The maximum Gasteiger partial charge on any atom is 0.228 e. The average Bonchev–Trinajstić information content (AvgIpc) is 2.79. The van der Waals surface area contributed by atoms with Crippen LogP contribution < -0.4 is 5.32 Å². The van der Waals surface area contributed by atoms with E-state index in [9.17, 15) is 9.59 Å². The van der Waals surface area contributed by atoms with Gasteiger partial charge in [-0.25, -0.2) is 0 Å². The number of fused-ring (bicyclic) bond motifs is 1. The molecule has 0 bridgehead atoms. The van der Waals surface area contributed by atoms with E-state index in [4.69, 9.17) is 23.2 Å². The molecule has 0 atom stereocenters. The molecule has 1 N–H and O–H groups in total. The molecule has 1 amide bonds. The first-order valence-corrected chi connectivity index (χ1v) is 7.62. The lowest BCUT2D eigenvalue weighted by atomic mass is 10.00. The zero-order valence-electron chi connectivity index (χ0n) is 10.5. The summed E-state index contributed by atoms with van der Waals surface area (Å²) in [5, 5.41) is 3.54. The standard InChI is InChI=1S/C15H8BrCl2NO2/c16-10-4-7(1-2-11(10)17)15(21)9-3-8-5-14(20)19-13(8)6-12(9)18/h1-4,6H,5H2,(H,19,20). The van der Waals surface area contributed by atoms with Gasteiger partial charge in [-0.1, -0.05) is 23.2 Å². The molecule has 6 heteroatoms. The fraction of sp³-hybridized carbons (Fsp3) is 0.0667. The van der Waals surface area contributed by atoms with Crippen LogP contribution in [0.1, 0.15) is 21.5 Å². The minimum Gasteiger partial charge on any atom is -0.325 e. The van der Waals surface area contributed by atoms with E-state index in [0.29, 0.717) is 31.3 Å². The summed E-state index contributed by atoms with van der Waals surface area (Å²) >= 11 is 15.4. The zero-order chi connectivity index (χ0) is 15.1. The van der Waals surface area contributed by atoms with Crippen molar-refractivity contribution >= 4 is 56.5 Å². The van der Waals surface area contributed by atoms with Crippen molar-refractivity contribution in [2.24, 2.45) is 0 Å². The lowest BCUT2D eigenvalue weighted by Gasteiger charge is -2.08. The molecule has 106 valence electrons. The normalized spacial score (nSPS) is 13.0. The maximum absolute atomic E-state index is 12.6. The summed E-state index contributed by atoms with van der Waals surface area (Å²) in [4.78, 5) is 23.9. The molecule has 0 aromatic heterocycles. The highest BCUT2D eigenvalue weighted by Gasteiger charge is 2.22. The molecule has 0 saturated carbocycles. The lowest BCUT2D eigenvalue weighted by molar-refractivity contribution is -0.115. The van der Waals surface area contributed by atoms with Crippen molar-refractivity contribution in [3.05, 3.63) is 61.5 Å². The van der Waals surface area contributed by atoms with Gasteiger partial charge in [0.05, 0.1) is 16.5 Å². The van der Waals surface area contributed by atoms with Crippen molar-refractivity contribution in [2.45, 2.75) is 6.42 Å². The van der Waals surface area contributed by atoms with E-state index < -0.39 is 0 Å². The number of hydrogen-bond donors (Lipinski definition) is 1. The third kappa shape index (κ3) is 2.71. The Morgan fingerprint density at radius 3 is 2.62 bits per heavy atom. The summed E-state index contributed by atoms with van der Waals surface area (Å²) in [6.07, 6.45) is 0.261. The Morgan fingerprint density at radius 1 is 1.14 bits per heavy atom. The summed E-state index contributed by atoms with van der Waals surface area (Å²) in [6.45, 7) is 0. The Labute approximate surface area is 139 Å². The molecule has 1 aliphatic rings. The van der Waals surface area contributed by atoms with Crippen LogP contribution in [0, 0.1) is 0 Å². The highest BCUT2D eigenvalue weighted by atomic mass is 79.9. The summed E-state index contributed by atoms with van der Waals surface area (Å²) in [5.41, 5.74) is 2.30. The molecule has 0 saturated heterocycles. The van der Waals surface area contributed by atoms with Gasteiger partial charge in [0.25, 0.3) is 0 Å². The van der Waals surface area contributed by atoms with E-state index in [0.717, 1.165) is 5.56 Å². The molecule has 0 aliphatic carbocycles. The van der Waals surface area contributed by atoms with E-state index >= 15 is 0 Å². The highest BCUT2D eigenvalue weighted by molar-refractivity contribution is 9.10. The van der Waals surface area contributed by atoms with Crippen LogP contribution in [0.2, 0.25) is 10.0 Å². The lowest BCUT2D eigenvalue weighted by Crippen LogP contribution is -2.03. The van der Waals surface area contributed by atoms with Crippen molar-refractivity contribution in [3.8, 4) is 0 Å². The molecule has 2 aromatic carbocycles. The van der Waals surface area contributed by atoms with E-state index in [2.05, 4.69) is 21.2 Å². The predicted octanol–water partition coefficient (Wildman–Crippen LogP) is 4.48. The zero-order valence-corrected chi connectivity index (χ0v) is 13.6. The van der Waals surface area contributed by atoms with Gasteiger partial charge in [-0.05, 0) is 51.8 Å². The van der Waals surface area contributed by atoms with E-state index in [1.54, 1.807) is 30.3 Å². The Kier molecular flexibility index (Phi) is 3.78.